The van der Waals surface area contributed by atoms with Crippen LogP contribution in [0.5, 0.6) is 0 Å². The standard InChI is InChI=1S/C18H24N4O2/c1-22(2)18(8-4-5-9-18)12-21-15-14(16(23)17(15)24)20-11-13-7-3-6-10-19-13/h3,6-7,10,20-21H,4-5,8-9,11-12H2,1-2H3. The van der Waals surface area contributed by atoms with Crippen molar-refractivity contribution in [3.63, 3.8) is 0 Å². The van der Waals surface area contributed by atoms with Crippen LogP contribution in [0.25, 0.3) is 0 Å². The molecular formula is C18H24N4O2. The molecule has 0 unspecified atom stereocenters. The number of pyridine rings is 1. The molecule has 24 heavy (non-hydrogen) atoms. The Balaban J connectivity index is 1.67. The molecule has 0 amide bonds. The molecule has 1 aliphatic carbocycles. The maximum atomic E-state index is 11.9. The van der Waals surface area contributed by atoms with Gasteiger partial charge in [-0.1, -0.05) is 18.9 Å². The minimum atomic E-state index is -0.446. The quantitative estimate of drug-likeness (QED) is 0.752. The van der Waals surface area contributed by atoms with Crippen molar-refractivity contribution in [3.8, 4) is 0 Å². The van der Waals surface area contributed by atoms with Gasteiger partial charge in [0.2, 0.25) is 0 Å². The Labute approximate surface area is 141 Å². The maximum absolute atomic E-state index is 11.9. The molecule has 2 N–H and O–H groups in total. The summed E-state index contributed by atoms with van der Waals surface area (Å²) in [5, 5.41) is 6.29. The maximum Gasteiger partial charge on any atom is 0.253 e. The third-order valence-corrected chi connectivity index (χ3v) is 5.16. The lowest BCUT2D eigenvalue weighted by atomic mass is 9.95. The molecule has 0 saturated heterocycles. The smallest absolute Gasteiger partial charge is 0.253 e. The normalized spacial score (nSPS) is 16.6. The lowest BCUT2D eigenvalue weighted by Gasteiger charge is -2.37. The summed E-state index contributed by atoms with van der Waals surface area (Å²) in [6.07, 6.45) is 6.34. The predicted molar refractivity (Wildman–Crippen MR) is 96.3 cm³/mol. The van der Waals surface area contributed by atoms with E-state index in [-0.39, 0.29) is 5.54 Å². The molecular weight excluding hydrogens is 304 g/mol. The molecule has 6 heteroatoms. The van der Waals surface area contributed by atoms with Crippen molar-refractivity contribution >= 4 is 11.4 Å². The van der Waals surface area contributed by atoms with Crippen LogP contribution >= 0.6 is 0 Å². The fraction of sp³-hybridized carbons (Fsp3) is 0.500. The van der Waals surface area contributed by atoms with Crippen LogP contribution in [0.1, 0.15) is 31.4 Å². The Hall–Kier alpha value is -2.21. The van der Waals surface area contributed by atoms with Crippen LogP contribution < -0.4 is 21.5 Å². The Kier molecular flexibility index (Phi) is 4.66. The number of anilines is 2. The fourth-order valence-corrected chi connectivity index (χ4v) is 3.48. The van der Waals surface area contributed by atoms with Gasteiger partial charge in [0.1, 0.15) is 11.4 Å². The van der Waals surface area contributed by atoms with E-state index in [0.29, 0.717) is 24.5 Å². The number of rotatable bonds is 7. The number of nitrogens with zero attached hydrogens (tertiary/aromatic N) is 2. The molecule has 6 nitrogen and oxygen atoms in total. The molecule has 1 fully saturated rings. The van der Waals surface area contributed by atoms with E-state index in [1.807, 2.05) is 18.2 Å². The topological polar surface area (TPSA) is 74.3 Å². The molecule has 0 spiro atoms. The molecule has 128 valence electrons. The van der Waals surface area contributed by atoms with E-state index in [1.165, 1.54) is 12.8 Å². The van der Waals surface area contributed by atoms with Crippen molar-refractivity contribution in [1.29, 1.82) is 0 Å². The molecule has 1 aromatic heterocycles. The van der Waals surface area contributed by atoms with Crippen molar-refractivity contribution in [2.75, 3.05) is 31.3 Å². The zero-order valence-electron chi connectivity index (χ0n) is 14.3. The van der Waals surface area contributed by atoms with Gasteiger partial charge in [0.25, 0.3) is 10.9 Å². The highest BCUT2D eigenvalue weighted by Crippen LogP contribution is 2.34. The summed E-state index contributed by atoms with van der Waals surface area (Å²) in [6.45, 7) is 1.11. The van der Waals surface area contributed by atoms with Gasteiger partial charge < -0.3 is 15.5 Å². The van der Waals surface area contributed by atoms with E-state index in [0.717, 1.165) is 18.5 Å². The minimum absolute atomic E-state index is 0.0675. The summed E-state index contributed by atoms with van der Waals surface area (Å²) >= 11 is 0. The van der Waals surface area contributed by atoms with Crippen molar-refractivity contribution in [2.24, 2.45) is 0 Å². The van der Waals surface area contributed by atoms with Crippen LogP contribution in [0.4, 0.5) is 11.4 Å². The summed E-state index contributed by atoms with van der Waals surface area (Å²) in [5.74, 6) is 0. The molecule has 2 aromatic rings. The number of likely N-dealkylation sites (N-methyl/N-ethyl adjacent to an activating group) is 1. The van der Waals surface area contributed by atoms with Crippen LogP contribution in [-0.4, -0.2) is 36.1 Å². The first kappa shape index (κ1) is 16.6. The number of hydrogen-bond acceptors (Lipinski definition) is 6. The van der Waals surface area contributed by atoms with Crippen molar-refractivity contribution in [1.82, 2.24) is 9.88 Å². The van der Waals surface area contributed by atoms with Crippen molar-refractivity contribution in [3.05, 3.63) is 50.5 Å². The lowest BCUT2D eigenvalue weighted by Crippen LogP contribution is -2.49. The summed E-state index contributed by atoms with van der Waals surface area (Å²) in [6, 6.07) is 5.62. The van der Waals surface area contributed by atoms with Gasteiger partial charge in [-0.25, -0.2) is 0 Å². The second-order valence-corrected chi connectivity index (χ2v) is 6.76. The van der Waals surface area contributed by atoms with Crippen LogP contribution in [0.3, 0.4) is 0 Å². The monoisotopic (exact) mass is 328 g/mol. The van der Waals surface area contributed by atoms with Crippen molar-refractivity contribution < 1.29 is 0 Å². The van der Waals surface area contributed by atoms with Gasteiger partial charge in [-0.3, -0.25) is 14.6 Å². The largest absolute Gasteiger partial charge is 0.378 e. The SMILES string of the molecule is CN(C)C1(CNc2c(NCc3ccccn3)c(=O)c2=O)CCCC1. The molecule has 1 aromatic carbocycles. The molecule has 0 atom stereocenters. The van der Waals surface area contributed by atoms with Crippen LogP contribution in [0, 0.1) is 0 Å². The Bertz CT molecular complexity index is 757. The summed E-state index contributed by atoms with van der Waals surface area (Å²) in [4.78, 5) is 30.2. The Morgan fingerprint density at radius 3 is 2.33 bits per heavy atom. The fourth-order valence-electron chi connectivity index (χ4n) is 3.48. The zero-order valence-corrected chi connectivity index (χ0v) is 14.3. The Morgan fingerprint density at radius 2 is 1.75 bits per heavy atom. The van der Waals surface area contributed by atoms with Gasteiger partial charge in [-0.05, 0) is 39.1 Å². The third kappa shape index (κ3) is 3.06. The average molecular weight is 328 g/mol. The van der Waals surface area contributed by atoms with Gasteiger partial charge in [0, 0.05) is 18.3 Å². The summed E-state index contributed by atoms with van der Waals surface area (Å²) < 4.78 is 0. The van der Waals surface area contributed by atoms with Crippen LogP contribution in [-0.2, 0) is 6.54 Å². The highest BCUT2D eigenvalue weighted by Gasteiger charge is 2.36. The number of aromatic nitrogens is 1. The van der Waals surface area contributed by atoms with E-state index in [9.17, 15) is 9.59 Å². The van der Waals surface area contributed by atoms with E-state index < -0.39 is 10.9 Å². The summed E-state index contributed by atoms with van der Waals surface area (Å²) in [7, 11) is 4.16. The molecule has 1 saturated carbocycles. The molecule has 0 radical (unpaired) electrons. The van der Waals surface area contributed by atoms with Gasteiger partial charge >= 0.3 is 0 Å². The van der Waals surface area contributed by atoms with Crippen LogP contribution in [0.15, 0.2) is 34.0 Å². The van der Waals surface area contributed by atoms with E-state index in [1.54, 1.807) is 6.20 Å². The first-order valence-corrected chi connectivity index (χ1v) is 8.42. The second kappa shape index (κ2) is 6.73. The molecule has 3 rings (SSSR count). The molecule has 1 aliphatic rings. The third-order valence-electron chi connectivity index (χ3n) is 5.16. The average Bonchev–Trinajstić information content (AvgIpc) is 3.08. The van der Waals surface area contributed by atoms with E-state index in [2.05, 4.69) is 34.6 Å². The summed E-state index contributed by atoms with van der Waals surface area (Å²) in [5.41, 5.74) is 0.834. The lowest BCUT2D eigenvalue weighted by molar-refractivity contribution is 0.172. The highest BCUT2D eigenvalue weighted by atomic mass is 16.2. The van der Waals surface area contributed by atoms with Gasteiger partial charge in [0.05, 0.1) is 12.2 Å². The first-order chi connectivity index (χ1) is 11.5. The molecule has 0 aliphatic heterocycles. The highest BCUT2D eigenvalue weighted by molar-refractivity contribution is 5.74. The van der Waals surface area contributed by atoms with Gasteiger partial charge in [0.15, 0.2) is 0 Å². The first-order valence-electron chi connectivity index (χ1n) is 8.42. The van der Waals surface area contributed by atoms with Crippen molar-refractivity contribution in [2.45, 2.75) is 37.8 Å². The minimum Gasteiger partial charge on any atom is -0.378 e. The molecule has 1 heterocycles. The van der Waals surface area contributed by atoms with Crippen LogP contribution in [0.2, 0.25) is 0 Å². The zero-order chi connectivity index (χ0) is 17.2. The predicted octanol–water partition coefficient (Wildman–Crippen LogP) is 1.58. The number of hydrogen-bond donors (Lipinski definition) is 2. The van der Waals surface area contributed by atoms with E-state index in [4.69, 9.17) is 0 Å². The molecule has 0 bridgehead atoms. The Morgan fingerprint density at radius 1 is 1.08 bits per heavy atom. The van der Waals surface area contributed by atoms with Gasteiger partial charge in [-0.15, -0.1) is 0 Å². The number of nitrogens with one attached hydrogen (secondary N) is 2. The van der Waals surface area contributed by atoms with E-state index >= 15 is 0 Å². The van der Waals surface area contributed by atoms with Gasteiger partial charge in [-0.2, -0.15) is 0 Å². The second-order valence-electron chi connectivity index (χ2n) is 6.76.